The second-order valence-electron chi connectivity index (χ2n) is 9.92. The number of hydrogen-bond acceptors (Lipinski definition) is 3. The summed E-state index contributed by atoms with van der Waals surface area (Å²) in [4.78, 5) is 16.2. The van der Waals surface area contributed by atoms with Crippen LogP contribution in [0.2, 0.25) is 10.0 Å². The minimum absolute atomic E-state index is 0.119. The molecule has 0 spiro atoms. The topological polar surface area (TPSA) is 54.1 Å². The lowest BCUT2D eigenvalue weighted by Gasteiger charge is -2.57. The lowest BCUT2D eigenvalue weighted by Crippen LogP contribution is -2.59. The molecule has 4 nitrogen and oxygen atoms in total. The van der Waals surface area contributed by atoms with Gasteiger partial charge in [0.25, 0.3) is 0 Å². The van der Waals surface area contributed by atoms with E-state index in [2.05, 4.69) is 10.3 Å². The second-order valence-corrected chi connectivity index (χ2v) is 10.7. The highest BCUT2D eigenvalue weighted by Gasteiger charge is 2.50. The Balaban J connectivity index is 1.17. The molecule has 0 atom stereocenters. The first-order valence-electron chi connectivity index (χ1n) is 11.3. The summed E-state index contributed by atoms with van der Waals surface area (Å²) in [7, 11) is 0. The van der Waals surface area contributed by atoms with E-state index in [0.717, 1.165) is 35.6 Å². The zero-order chi connectivity index (χ0) is 21.2. The molecule has 0 unspecified atom stereocenters. The number of aromatic nitrogens is 1. The lowest BCUT2D eigenvalue weighted by molar-refractivity contribution is -0.0207. The van der Waals surface area contributed by atoms with Gasteiger partial charge >= 0.3 is 0 Å². The Morgan fingerprint density at radius 2 is 1.71 bits per heavy atom. The standard InChI is InChI=1S/C25H26Cl2N2O2/c26-19-3-4-20-22(23(19)27)24(30)18-2-1-17(10-21(18)29-20)31-6-5-28-25-11-14-7-15(12-25)9-16(8-14)13-25/h1-4,10,14-16,28H,5-9,11-13H2,(H,29,30). The highest BCUT2D eigenvalue weighted by Crippen LogP contribution is 2.55. The van der Waals surface area contributed by atoms with Gasteiger partial charge in [-0.1, -0.05) is 23.2 Å². The van der Waals surface area contributed by atoms with Crippen LogP contribution < -0.4 is 15.5 Å². The van der Waals surface area contributed by atoms with Crippen LogP contribution in [0.15, 0.2) is 35.1 Å². The molecule has 1 aromatic heterocycles. The maximum atomic E-state index is 12.9. The van der Waals surface area contributed by atoms with Crippen LogP contribution in [0.4, 0.5) is 0 Å². The monoisotopic (exact) mass is 456 g/mol. The molecule has 162 valence electrons. The number of halogens is 2. The third-order valence-corrected chi connectivity index (χ3v) is 8.54. The number of aromatic amines is 1. The Morgan fingerprint density at radius 1 is 1.00 bits per heavy atom. The number of benzene rings is 2. The van der Waals surface area contributed by atoms with Crippen molar-refractivity contribution >= 4 is 45.0 Å². The molecule has 4 fully saturated rings. The first-order chi connectivity index (χ1) is 15.0. The molecule has 6 heteroatoms. The molecule has 4 bridgehead atoms. The average Bonchev–Trinajstić information content (AvgIpc) is 2.73. The number of pyridine rings is 1. The average molecular weight is 457 g/mol. The third-order valence-electron chi connectivity index (χ3n) is 7.74. The van der Waals surface area contributed by atoms with E-state index in [9.17, 15) is 4.79 Å². The van der Waals surface area contributed by atoms with Gasteiger partial charge in [0.1, 0.15) is 12.4 Å². The van der Waals surface area contributed by atoms with Crippen molar-refractivity contribution in [1.82, 2.24) is 10.3 Å². The maximum absolute atomic E-state index is 12.9. The van der Waals surface area contributed by atoms with Crippen molar-refractivity contribution in [2.24, 2.45) is 17.8 Å². The SMILES string of the molecule is O=c1c2ccc(OCCNC34CC5CC(CC(C5)C3)C4)cc2[nH]c2ccc(Cl)c(Cl)c12. The van der Waals surface area contributed by atoms with Gasteiger partial charge in [0.2, 0.25) is 0 Å². The minimum Gasteiger partial charge on any atom is -0.492 e. The molecule has 0 aliphatic heterocycles. The summed E-state index contributed by atoms with van der Waals surface area (Å²) in [6.07, 6.45) is 8.40. The fraction of sp³-hybridized carbons (Fsp3) is 0.480. The molecule has 1 heterocycles. The van der Waals surface area contributed by atoms with Gasteiger partial charge in [-0.3, -0.25) is 4.79 Å². The van der Waals surface area contributed by atoms with Crippen LogP contribution in [-0.2, 0) is 0 Å². The molecule has 2 N–H and O–H groups in total. The summed E-state index contributed by atoms with van der Waals surface area (Å²) in [6.45, 7) is 1.47. The van der Waals surface area contributed by atoms with E-state index in [1.807, 2.05) is 12.1 Å². The minimum atomic E-state index is -0.119. The fourth-order valence-electron chi connectivity index (χ4n) is 6.88. The summed E-state index contributed by atoms with van der Waals surface area (Å²) in [5.74, 6) is 3.58. The van der Waals surface area contributed by atoms with E-state index in [4.69, 9.17) is 27.9 Å². The van der Waals surface area contributed by atoms with Crippen LogP contribution in [0.1, 0.15) is 38.5 Å². The predicted molar refractivity (Wildman–Crippen MR) is 126 cm³/mol. The maximum Gasteiger partial charge on any atom is 0.198 e. The van der Waals surface area contributed by atoms with E-state index in [0.29, 0.717) is 38.5 Å². The Labute approximate surface area is 191 Å². The summed E-state index contributed by atoms with van der Waals surface area (Å²) < 4.78 is 6.04. The van der Waals surface area contributed by atoms with Gasteiger partial charge in [-0.25, -0.2) is 0 Å². The smallest absolute Gasteiger partial charge is 0.198 e. The number of hydrogen-bond donors (Lipinski definition) is 2. The molecule has 0 saturated heterocycles. The number of rotatable bonds is 5. The molecule has 2 aromatic carbocycles. The van der Waals surface area contributed by atoms with Gasteiger partial charge < -0.3 is 15.0 Å². The highest BCUT2D eigenvalue weighted by molar-refractivity contribution is 6.45. The van der Waals surface area contributed by atoms with Crippen molar-refractivity contribution in [1.29, 1.82) is 0 Å². The van der Waals surface area contributed by atoms with Gasteiger partial charge in [-0.05, 0) is 80.5 Å². The second kappa shape index (κ2) is 7.40. The molecule has 4 saturated carbocycles. The normalized spacial score (nSPS) is 29.2. The number of fused-ring (bicyclic) bond motifs is 2. The molecule has 0 radical (unpaired) electrons. The van der Waals surface area contributed by atoms with Crippen LogP contribution in [0, 0.1) is 17.8 Å². The van der Waals surface area contributed by atoms with Crippen molar-refractivity contribution < 1.29 is 4.74 Å². The van der Waals surface area contributed by atoms with Crippen molar-refractivity contribution in [3.05, 3.63) is 50.6 Å². The molecule has 31 heavy (non-hydrogen) atoms. The zero-order valence-corrected chi connectivity index (χ0v) is 18.9. The Hall–Kier alpha value is -1.75. The van der Waals surface area contributed by atoms with Crippen LogP contribution in [0.25, 0.3) is 21.8 Å². The Kier molecular flexibility index (Phi) is 4.75. The zero-order valence-electron chi connectivity index (χ0n) is 17.3. The summed E-state index contributed by atoms with van der Waals surface area (Å²) in [5.41, 5.74) is 1.65. The molecular formula is C25H26Cl2N2O2. The molecule has 4 aliphatic carbocycles. The van der Waals surface area contributed by atoms with E-state index in [1.165, 1.54) is 38.5 Å². The van der Waals surface area contributed by atoms with Gasteiger partial charge in [-0.2, -0.15) is 0 Å². The van der Waals surface area contributed by atoms with E-state index in [1.54, 1.807) is 18.2 Å². The molecule has 3 aromatic rings. The third kappa shape index (κ3) is 3.44. The van der Waals surface area contributed by atoms with Crippen molar-refractivity contribution in [3.8, 4) is 5.75 Å². The number of H-pyrrole nitrogens is 1. The van der Waals surface area contributed by atoms with Crippen molar-refractivity contribution in [3.63, 3.8) is 0 Å². The fourth-order valence-corrected chi connectivity index (χ4v) is 7.29. The summed E-state index contributed by atoms with van der Waals surface area (Å²) in [6, 6.07) is 9.03. The van der Waals surface area contributed by atoms with Crippen LogP contribution in [0.3, 0.4) is 0 Å². The van der Waals surface area contributed by atoms with E-state index in [-0.39, 0.29) is 5.43 Å². The van der Waals surface area contributed by atoms with Gasteiger partial charge in [0, 0.05) is 23.5 Å². The van der Waals surface area contributed by atoms with Crippen molar-refractivity contribution in [2.75, 3.05) is 13.2 Å². The van der Waals surface area contributed by atoms with E-state index >= 15 is 0 Å². The number of ether oxygens (including phenoxy) is 1. The predicted octanol–water partition coefficient (Wildman–Crippen LogP) is 5.93. The Morgan fingerprint density at radius 3 is 2.42 bits per heavy atom. The summed E-state index contributed by atoms with van der Waals surface area (Å²) >= 11 is 12.4. The molecule has 4 aliphatic rings. The van der Waals surface area contributed by atoms with Gasteiger partial charge in [0.05, 0.1) is 26.5 Å². The summed E-state index contributed by atoms with van der Waals surface area (Å²) in [5, 5.41) is 5.55. The first-order valence-corrected chi connectivity index (χ1v) is 12.1. The van der Waals surface area contributed by atoms with E-state index < -0.39 is 0 Å². The first kappa shape index (κ1) is 19.9. The van der Waals surface area contributed by atoms with Crippen LogP contribution in [-0.4, -0.2) is 23.7 Å². The molecule has 7 rings (SSSR count). The largest absolute Gasteiger partial charge is 0.492 e. The number of nitrogens with one attached hydrogen (secondary N) is 2. The highest BCUT2D eigenvalue weighted by atomic mass is 35.5. The molecule has 0 amide bonds. The molecular weight excluding hydrogens is 431 g/mol. The lowest BCUT2D eigenvalue weighted by atomic mass is 9.53. The van der Waals surface area contributed by atoms with Crippen molar-refractivity contribution in [2.45, 2.75) is 44.1 Å². The Bertz CT molecular complexity index is 1200. The quantitative estimate of drug-likeness (QED) is 0.369. The van der Waals surface area contributed by atoms with Gasteiger partial charge in [-0.15, -0.1) is 0 Å². The van der Waals surface area contributed by atoms with Gasteiger partial charge in [0.15, 0.2) is 5.43 Å². The van der Waals surface area contributed by atoms with Crippen LogP contribution >= 0.6 is 23.2 Å². The van der Waals surface area contributed by atoms with Crippen LogP contribution in [0.5, 0.6) is 5.75 Å².